The summed E-state index contributed by atoms with van der Waals surface area (Å²) in [6.45, 7) is 2.74. The molecule has 1 fully saturated rings. The van der Waals surface area contributed by atoms with E-state index in [1.807, 2.05) is 61.5 Å². The van der Waals surface area contributed by atoms with Gasteiger partial charge < -0.3 is 9.47 Å². The molecule has 0 atom stereocenters. The number of benzene rings is 3. The third-order valence-electron chi connectivity index (χ3n) is 6.63. The molecule has 6 nitrogen and oxygen atoms in total. The molecule has 190 valence electrons. The molecule has 0 radical (unpaired) electrons. The van der Waals surface area contributed by atoms with Gasteiger partial charge in [-0.15, -0.1) is 0 Å². The monoisotopic (exact) mass is 515 g/mol. The maximum atomic E-state index is 13.5. The highest BCUT2D eigenvalue weighted by atomic mass is 35.5. The van der Waals surface area contributed by atoms with Gasteiger partial charge in [-0.1, -0.05) is 73.3 Å². The van der Waals surface area contributed by atoms with Gasteiger partial charge >= 0.3 is 0 Å². The summed E-state index contributed by atoms with van der Waals surface area (Å²) in [6, 6.07) is 20.9. The minimum absolute atomic E-state index is 0.165. The van der Waals surface area contributed by atoms with E-state index in [1.165, 1.54) is 11.1 Å². The molecule has 1 saturated carbocycles. The minimum Gasteiger partial charge on any atom is -0.490 e. The van der Waals surface area contributed by atoms with Gasteiger partial charge in [0.25, 0.3) is 5.56 Å². The number of para-hydroxylation sites is 1. The quantitative estimate of drug-likeness (QED) is 0.238. The zero-order chi connectivity index (χ0) is 25.6. The van der Waals surface area contributed by atoms with Gasteiger partial charge in [-0.2, -0.15) is 9.78 Å². The van der Waals surface area contributed by atoms with Crippen molar-refractivity contribution in [2.24, 2.45) is 5.10 Å². The van der Waals surface area contributed by atoms with Crippen LogP contribution < -0.4 is 15.0 Å². The molecule has 3 aromatic carbocycles. The van der Waals surface area contributed by atoms with Crippen molar-refractivity contribution in [2.75, 3.05) is 6.61 Å². The van der Waals surface area contributed by atoms with Crippen LogP contribution in [-0.2, 0) is 6.61 Å². The summed E-state index contributed by atoms with van der Waals surface area (Å²) in [7, 11) is 0. The summed E-state index contributed by atoms with van der Waals surface area (Å²) in [4.78, 5) is 18.3. The van der Waals surface area contributed by atoms with E-state index in [-0.39, 0.29) is 11.5 Å². The summed E-state index contributed by atoms with van der Waals surface area (Å²) < 4.78 is 13.3. The van der Waals surface area contributed by atoms with Crippen molar-refractivity contribution < 1.29 is 9.47 Å². The summed E-state index contributed by atoms with van der Waals surface area (Å²) in [5.41, 5.74) is 2.28. The highest BCUT2D eigenvalue weighted by Gasteiger charge is 2.22. The lowest BCUT2D eigenvalue weighted by molar-refractivity contribution is 0.269. The normalized spacial score (nSPS) is 14.3. The lowest BCUT2D eigenvalue weighted by Crippen LogP contribution is -2.25. The van der Waals surface area contributed by atoms with Crippen molar-refractivity contribution in [1.82, 2.24) is 9.66 Å². The molecule has 4 aromatic rings. The van der Waals surface area contributed by atoms with Crippen molar-refractivity contribution in [3.63, 3.8) is 0 Å². The number of nitrogens with zero attached hydrogens (tertiary/aromatic N) is 3. The van der Waals surface area contributed by atoms with Gasteiger partial charge in [0.05, 0.1) is 28.7 Å². The Morgan fingerprint density at radius 2 is 1.78 bits per heavy atom. The summed E-state index contributed by atoms with van der Waals surface area (Å²) in [6.07, 6.45) is 7.14. The molecule has 7 heteroatoms. The number of hydrogen-bond acceptors (Lipinski definition) is 5. The van der Waals surface area contributed by atoms with Gasteiger partial charge in [-0.3, -0.25) is 4.79 Å². The fraction of sp³-hybridized carbons (Fsp3) is 0.300. The molecule has 5 rings (SSSR count). The van der Waals surface area contributed by atoms with Gasteiger partial charge in [0.1, 0.15) is 12.4 Å². The van der Waals surface area contributed by atoms with E-state index < -0.39 is 0 Å². The van der Waals surface area contributed by atoms with E-state index in [0.29, 0.717) is 46.2 Å². The Morgan fingerprint density at radius 1 is 1.03 bits per heavy atom. The topological polar surface area (TPSA) is 65.7 Å². The van der Waals surface area contributed by atoms with Crippen LogP contribution >= 0.6 is 11.6 Å². The van der Waals surface area contributed by atoms with E-state index in [9.17, 15) is 4.79 Å². The number of ether oxygens (including phenoxy) is 2. The molecule has 0 N–H and O–H groups in total. The molecular formula is C30H30ClN3O3. The summed E-state index contributed by atoms with van der Waals surface area (Å²) >= 11 is 6.63. The van der Waals surface area contributed by atoms with Gasteiger partial charge in [-0.05, 0) is 55.2 Å². The van der Waals surface area contributed by atoms with Crippen molar-refractivity contribution in [3.05, 3.63) is 99.1 Å². The molecule has 0 unspecified atom stereocenters. The zero-order valence-electron chi connectivity index (χ0n) is 20.9. The van der Waals surface area contributed by atoms with Crippen LogP contribution in [0.25, 0.3) is 10.9 Å². The molecule has 1 heterocycles. The van der Waals surface area contributed by atoms with Gasteiger partial charge in [-0.25, -0.2) is 4.98 Å². The van der Waals surface area contributed by atoms with Crippen LogP contribution in [-0.4, -0.2) is 22.5 Å². The summed E-state index contributed by atoms with van der Waals surface area (Å²) in [5, 5.41) is 5.60. The number of fused-ring (bicyclic) bond motifs is 1. The average molecular weight is 516 g/mol. The average Bonchev–Trinajstić information content (AvgIpc) is 2.93. The van der Waals surface area contributed by atoms with Crippen molar-refractivity contribution in [1.29, 1.82) is 0 Å². The predicted molar refractivity (Wildman–Crippen MR) is 148 cm³/mol. The lowest BCUT2D eigenvalue weighted by atomic mass is 9.88. The molecule has 1 aromatic heterocycles. The molecule has 1 aliphatic rings. The van der Waals surface area contributed by atoms with Crippen LogP contribution in [0.4, 0.5) is 0 Å². The number of aromatic nitrogens is 2. The highest BCUT2D eigenvalue weighted by Crippen LogP contribution is 2.37. The smallest absolute Gasteiger partial charge is 0.282 e. The van der Waals surface area contributed by atoms with Crippen molar-refractivity contribution in [2.45, 2.75) is 51.6 Å². The maximum absolute atomic E-state index is 13.5. The first kappa shape index (κ1) is 25.0. The second kappa shape index (κ2) is 11.6. The van der Waals surface area contributed by atoms with Crippen LogP contribution in [0.2, 0.25) is 5.02 Å². The summed E-state index contributed by atoms with van der Waals surface area (Å²) in [5.74, 6) is 1.94. The van der Waals surface area contributed by atoms with Gasteiger partial charge in [0, 0.05) is 5.92 Å². The van der Waals surface area contributed by atoms with E-state index in [2.05, 4.69) is 5.10 Å². The van der Waals surface area contributed by atoms with Crippen molar-refractivity contribution in [3.8, 4) is 11.5 Å². The molecule has 1 aliphatic carbocycles. The molecule has 0 bridgehead atoms. The Kier molecular flexibility index (Phi) is 7.85. The number of halogens is 1. The Bertz CT molecular complexity index is 1460. The zero-order valence-corrected chi connectivity index (χ0v) is 21.7. The Morgan fingerprint density at radius 3 is 2.57 bits per heavy atom. The standard InChI is InChI=1S/C30H30ClN3O3/c1-2-36-27-18-22(17-25(31)28(27)37-20-21-11-5-3-6-12-21)19-32-34-29(23-13-7-4-8-14-23)33-26-16-10-9-15-24(26)30(34)35/h3,5-6,9-12,15-19,23H,2,4,7-8,13-14,20H2,1H3. The Hall–Kier alpha value is -3.64. The molecule has 0 spiro atoms. The van der Waals surface area contributed by atoms with Crippen LogP contribution in [0.3, 0.4) is 0 Å². The first-order valence-electron chi connectivity index (χ1n) is 12.8. The number of rotatable bonds is 8. The SMILES string of the molecule is CCOc1cc(C=Nn2c(C3CCCCC3)nc3ccccc3c2=O)cc(Cl)c1OCc1ccccc1. The lowest BCUT2D eigenvalue weighted by Gasteiger charge is -2.22. The van der Waals surface area contributed by atoms with E-state index >= 15 is 0 Å². The third kappa shape index (κ3) is 5.70. The fourth-order valence-electron chi connectivity index (χ4n) is 4.80. The highest BCUT2D eigenvalue weighted by molar-refractivity contribution is 6.32. The second-order valence-electron chi connectivity index (χ2n) is 9.22. The second-order valence-corrected chi connectivity index (χ2v) is 9.63. The maximum Gasteiger partial charge on any atom is 0.282 e. The van der Waals surface area contributed by atoms with Crippen LogP contribution in [0.15, 0.2) is 76.6 Å². The molecule has 0 aliphatic heterocycles. The molecule has 37 heavy (non-hydrogen) atoms. The van der Waals surface area contributed by atoms with E-state index in [0.717, 1.165) is 37.1 Å². The molecular weight excluding hydrogens is 486 g/mol. The van der Waals surface area contributed by atoms with Crippen LogP contribution in [0.1, 0.15) is 61.9 Å². The van der Waals surface area contributed by atoms with Crippen LogP contribution in [0.5, 0.6) is 11.5 Å². The van der Waals surface area contributed by atoms with Crippen molar-refractivity contribution >= 4 is 28.7 Å². The van der Waals surface area contributed by atoms with E-state index in [4.69, 9.17) is 26.1 Å². The van der Waals surface area contributed by atoms with Gasteiger partial charge in [0.2, 0.25) is 0 Å². The molecule has 0 amide bonds. The fourth-order valence-corrected chi connectivity index (χ4v) is 5.07. The Labute approximate surface area is 221 Å². The Balaban J connectivity index is 1.50. The van der Waals surface area contributed by atoms with Crippen LogP contribution in [0, 0.1) is 0 Å². The third-order valence-corrected chi connectivity index (χ3v) is 6.91. The van der Waals surface area contributed by atoms with Gasteiger partial charge in [0.15, 0.2) is 11.5 Å². The minimum atomic E-state index is -0.165. The first-order chi connectivity index (χ1) is 18.1. The largest absolute Gasteiger partial charge is 0.490 e. The predicted octanol–water partition coefficient (Wildman–Crippen LogP) is 6.96. The van der Waals surface area contributed by atoms with E-state index in [1.54, 1.807) is 18.3 Å². The first-order valence-corrected chi connectivity index (χ1v) is 13.2. The number of hydrogen-bond donors (Lipinski definition) is 0. The molecule has 0 saturated heterocycles.